The zero-order chi connectivity index (χ0) is 20.2. The second-order valence-electron chi connectivity index (χ2n) is 7.72. The number of hydrogen-bond donors (Lipinski definition) is 1. The maximum atomic E-state index is 12.9. The van der Waals surface area contributed by atoms with Crippen LogP contribution in [0.4, 0.5) is 5.69 Å². The summed E-state index contributed by atoms with van der Waals surface area (Å²) in [7, 11) is 1.59. The van der Waals surface area contributed by atoms with Gasteiger partial charge in [-0.25, -0.2) is 4.90 Å². The normalized spacial score (nSPS) is 21.0. The number of hydrogen-bond acceptors (Lipinski definition) is 5. The third-order valence-corrected chi connectivity index (χ3v) is 5.75. The lowest BCUT2D eigenvalue weighted by atomic mass is 10.0. The molecule has 2 heterocycles. The van der Waals surface area contributed by atoms with Crippen molar-refractivity contribution in [3.63, 3.8) is 0 Å². The van der Waals surface area contributed by atoms with Gasteiger partial charge in [0.25, 0.3) is 5.91 Å². The van der Waals surface area contributed by atoms with Gasteiger partial charge in [0.15, 0.2) is 0 Å². The van der Waals surface area contributed by atoms with Crippen molar-refractivity contribution in [1.29, 1.82) is 0 Å². The summed E-state index contributed by atoms with van der Waals surface area (Å²) in [5, 5.41) is 3.44. The van der Waals surface area contributed by atoms with E-state index in [1.54, 1.807) is 31.4 Å². The van der Waals surface area contributed by atoms with Gasteiger partial charge in [0, 0.05) is 12.6 Å². The molecule has 4 rings (SSSR count). The molecule has 0 aromatic heterocycles. The fraction of sp³-hybridized carbons (Fsp3) is 0.391. The number of ether oxygens (including phenoxy) is 1. The standard InChI is InChI=1S/C23H27N3O3/c1-29-20-9-7-19(8-10-20)26-22(27)15-21(23(26)28)24-18-11-13-25(14-12-18)16-17-5-3-2-4-6-17/h2-10,18,21,24H,11-16H2,1H3/t21-/m1/s1. The Morgan fingerprint density at radius 1 is 1.00 bits per heavy atom. The molecule has 2 amide bonds. The number of anilines is 1. The molecule has 152 valence electrons. The minimum absolute atomic E-state index is 0.154. The van der Waals surface area contributed by atoms with Crippen molar-refractivity contribution in [2.24, 2.45) is 0 Å². The van der Waals surface area contributed by atoms with E-state index in [4.69, 9.17) is 4.74 Å². The Labute approximate surface area is 171 Å². The Morgan fingerprint density at radius 3 is 2.34 bits per heavy atom. The van der Waals surface area contributed by atoms with Gasteiger partial charge in [-0.1, -0.05) is 30.3 Å². The van der Waals surface area contributed by atoms with Gasteiger partial charge in [-0.3, -0.25) is 14.5 Å². The third kappa shape index (κ3) is 4.49. The summed E-state index contributed by atoms with van der Waals surface area (Å²) in [5.74, 6) is 0.385. The Hall–Kier alpha value is -2.70. The molecular weight excluding hydrogens is 366 g/mol. The van der Waals surface area contributed by atoms with Crippen LogP contribution < -0.4 is 15.0 Å². The van der Waals surface area contributed by atoms with Crippen molar-refractivity contribution >= 4 is 17.5 Å². The molecule has 0 unspecified atom stereocenters. The number of carbonyl (C=O) groups is 2. The highest BCUT2D eigenvalue weighted by Gasteiger charge is 2.40. The van der Waals surface area contributed by atoms with E-state index in [0.717, 1.165) is 32.5 Å². The van der Waals surface area contributed by atoms with Crippen molar-refractivity contribution in [2.45, 2.75) is 37.9 Å². The highest BCUT2D eigenvalue weighted by molar-refractivity contribution is 6.22. The van der Waals surface area contributed by atoms with Crippen LogP contribution in [0.3, 0.4) is 0 Å². The predicted molar refractivity (Wildman–Crippen MR) is 112 cm³/mol. The van der Waals surface area contributed by atoms with Gasteiger partial charge in [-0.15, -0.1) is 0 Å². The van der Waals surface area contributed by atoms with Crippen molar-refractivity contribution in [2.75, 3.05) is 25.1 Å². The molecule has 2 aliphatic heterocycles. The molecule has 2 saturated heterocycles. The van der Waals surface area contributed by atoms with Crippen LogP contribution >= 0.6 is 0 Å². The minimum Gasteiger partial charge on any atom is -0.497 e. The Kier molecular flexibility index (Phi) is 5.92. The lowest BCUT2D eigenvalue weighted by Gasteiger charge is -2.33. The van der Waals surface area contributed by atoms with E-state index in [9.17, 15) is 9.59 Å². The molecule has 0 spiro atoms. The van der Waals surface area contributed by atoms with Crippen LogP contribution in [0.15, 0.2) is 54.6 Å². The zero-order valence-corrected chi connectivity index (χ0v) is 16.7. The number of likely N-dealkylation sites (tertiary alicyclic amines) is 1. The van der Waals surface area contributed by atoms with Crippen molar-refractivity contribution in [3.8, 4) is 5.75 Å². The van der Waals surface area contributed by atoms with Gasteiger partial charge in [0.2, 0.25) is 5.91 Å². The van der Waals surface area contributed by atoms with Gasteiger partial charge in [0.05, 0.1) is 25.3 Å². The Balaban J connectivity index is 1.31. The van der Waals surface area contributed by atoms with Crippen LogP contribution in [-0.4, -0.2) is 49.0 Å². The fourth-order valence-electron chi connectivity index (χ4n) is 4.15. The number of nitrogens with one attached hydrogen (secondary N) is 1. The average Bonchev–Trinajstić information content (AvgIpc) is 3.03. The minimum atomic E-state index is -0.435. The smallest absolute Gasteiger partial charge is 0.251 e. The fourth-order valence-corrected chi connectivity index (χ4v) is 4.15. The number of imide groups is 1. The first kappa shape index (κ1) is 19.6. The average molecular weight is 393 g/mol. The topological polar surface area (TPSA) is 61.9 Å². The van der Waals surface area contributed by atoms with Crippen LogP contribution in [0.5, 0.6) is 5.75 Å². The number of carbonyl (C=O) groups excluding carboxylic acids is 2. The largest absolute Gasteiger partial charge is 0.497 e. The van der Waals surface area contributed by atoms with Crippen LogP contribution in [0.2, 0.25) is 0 Å². The first-order valence-electron chi connectivity index (χ1n) is 10.2. The molecule has 0 radical (unpaired) electrons. The molecule has 2 aromatic carbocycles. The molecule has 0 saturated carbocycles. The number of benzene rings is 2. The summed E-state index contributed by atoms with van der Waals surface area (Å²) in [4.78, 5) is 29.1. The molecule has 0 aliphatic carbocycles. The lowest BCUT2D eigenvalue weighted by molar-refractivity contribution is -0.121. The Morgan fingerprint density at radius 2 is 1.69 bits per heavy atom. The maximum absolute atomic E-state index is 12.9. The lowest BCUT2D eigenvalue weighted by Crippen LogP contribution is -2.48. The van der Waals surface area contributed by atoms with Gasteiger partial charge in [-0.2, -0.15) is 0 Å². The van der Waals surface area contributed by atoms with Crippen LogP contribution in [0.25, 0.3) is 0 Å². The summed E-state index contributed by atoms with van der Waals surface area (Å²) in [6.45, 7) is 2.94. The molecule has 6 nitrogen and oxygen atoms in total. The quantitative estimate of drug-likeness (QED) is 0.765. The van der Waals surface area contributed by atoms with E-state index in [2.05, 4.69) is 34.5 Å². The molecule has 0 bridgehead atoms. The van der Waals surface area contributed by atoms with Gasteiger partial charge in [-0.05, 0) is 55.8 Å². The van der Waals surface area contributed by atoms with E-state index >= 15 is 0 Å². The summed E-state index contributed by atoms with van der Waals surface area (Å²) in [5.41, 5.74) is 1.92. The monoisotopic (exact) mass is 393 g/mol. The van der Waals surface area contributed by atoms with E-state index in [0.29, 0.717) is 11.4 Å². The number of amides is 2. The number of nitrogens with zero attached hydrogens (tertiary/aromatic N) is 2. The van der Waals surface area contributed by atoms with Crippen LogP contribution in [0.1, 0.15) is 24.8 Å². The highest BCUT2D eigenvalue weighted by Crippen LogP contribution is 2.26. The number of rotatable bonds is 6. The summed E-state index contributed by atoms with van der Waals surface area (Å²) in [6, 6.07) is 17.3. The summed E-state index contributed by atoms with van der Waals surface area (Å²) < 4.78 is 5.15. The van der Waals surface area contributed by atoms with E-state index < -0.39 is 6.04 Å². The molecular formula is C23H27N3O3. The van der Waals surface area contributed by atoms with Crippen LogP contribution in [-0.2, 0) is 16.1 Å². The maximum Gasteiger partial charge on any atom is 0.251 e. The molecule has 29 heavy (non-hydrogen) atoms. The first-order chi connectivity index (χ1) is 14.1. The molecule has 2 fully saturated rings. The predicted octanol–water partition coefficient (Wildman–Crippen LogP) is 2.58. The zero-order valence-electron chi connectivity index (χ0n) is 16.7. The van der Waals surface area contributed by atoms with Gasteiger partial charge in [0.1, 0.15) is 5.75 Å². The summed E-state index contributed by atoms with van der Waals surface area (Å²) in [6.07, 6.45) is 2.18. The first-order valence-corrected chi connectivity index (χ1v) is 10.2. The number of piperidine rings is 1. The number of methoxy groups -OCH3 is 1. The van der Waals surface area contributed by atoms with E-state index in [1.165, 1.54) is 10.5 Å². The SMILES string of the molecule is COc1ccc(N2C(=O)C[C@@H](NC3CCN(Cc4ccccc4)CC3)C2=O)cc1. The van der Waals surface area contributed by atoms with E-state index in [1.807, 2.05) is 6.07 Å². The van der Waals surface area contributed by atoms with E-state index in [-0.39, 0.29) is 24.3 Å². The van der Waals surface area contributed by atoms with Crippen molar-refractivity contribution < 1.29 is 14.3 Å². The summed E-state index contributed by atoms with van der Waals surface area (Å²) >= 11 is 0. The molecule has 2 aliphatic rings. The highest BCUT2D eigenvalue weighted by atomic mass is 16.5. The second kappa shape index (κ2) is 8.76. The van der Waals surface area contributed by atoms with Crippen LogP contribution in [0, 0.1) is 0 Å². The van der Waals surface area contributed by atoms with Crippen molar-refractivity contribution in [1.82, 2.24) is 10.2 Å². The van der Waals surface area contributed by atoms with Gasteiger partial charge >= 0.3 is 0 Å². The Bertz CT molecular complexity index is 845. The second-order valence-corrected chi connectivity index (χ2v) is 7.72. The molecule has 1 N–H and O–H groups in total. The van der Waals surface area contributed by atoms with Gasteiger partial charge < -0.3 is 10.1 Å². The van der Waals surface area contributed by atoms with Crippen molar-refractivity contribution in [3.05, 3.63) is 60.2 Å². The molecule has 1 atom stereocenters. The third-order valence-electron chi connectivity index (χ3n) is 5.75. The molecule has 2 aromatic rings. The molecule has 6 heteroatoms.